The molecular weight excluding hydrogens is 363 g/mol. The van der Waals surface area contributed by atoms with Gasteiger partial charge in [0.25, 0.3) is 0 Å². The molecule has 0 unspecified atom stereocenters. The molecule has 0 heterocycles. The predicted octanol–water partition coefficient (Wildman–Crippen LogP) is 2.39. The second-order valence-electron chi connectivity index (χ2n) is 3.97. The molecule has 0 spiro atoms. The summed E-state index contributed by atoms with van der Waals surface area (Å²) in [6, 6.07) is 17.5. The van der Waals surface area contributed by atoms with E-state index in [0.717, 1.165) is 0 Å². The molecule has 0 saturated carbocycles. The topological polar surface area (TPSA) is 0 Å². The largest absolute Gasteiger partial charge is 4.00 e. The minimum Gasteiger partial charge on any atom is -0.358 e. The van der Waals surface area contributed by atoms with E-state index in [-0.39, 0.29) is 33.3 Å². The van der Waals surface area contributed by atoms with Crippen molar-refractivity contribution in [3.8, 4) is 0 Å². The van der Waals surface area contributed by atoms with Crippen LogP contribution in [0.25, 0.3) is 0 Å². The molecule has 2 rings (SSSR count). The number of hydrogen-bond donors (Lipinski definition) is 0. The Morgan fingerprint density at radius 1 is 1.13 bits per heavy atom. The standard InChI is InChI=1S/C12H14Si.CH3.Hf/c1-13(2,11-7-3-4-8-11)12-9-5-6-10-12;;/h3-10H,1-2H3;1H3;/q-2;-1;+4. The van der Waals surface area contributed by atoms with Gasteiger partial charge in [0.1, 0.15) is 0 Å². The normalized spacial score (nSPS) is 10.3. The maximum atomic E-state index is 2.40. The van der Waals surface area contributed by atoms with Crippen LogP contribution < -0.4 is 10.4 Å². The molecule has 0 N–H and O–H groups in total. The van der Waals surface area contributed by atoms with Gasteiger partial charge < -0.3 is 7.43 Å². The summed E-state index contributed by atoms with van der Waals surface area (Å²) in [5.74, 6) is 0. The van der Waals surface area contributed by atoms with Crippen molar-refractivity contribution in [2.45, 2.75) is 13.1 Å². The van der Waals surface area contributed by atoms with E-state index in [9.17, 15) is 0 Å². The van der Waals surface area contributed by atoms with Crippen molar-refractivity contribution < 1.29 is 25.8 Å². The smallest absolute Gasteiger partial charge is 0.358 e. The van der Waals surface area contributed by atoms with E-state index >= 15 is 0 Å². The first-order chi connectivity index (χ1) is 6.21. The van der Waals surface area contributed by atoms with Gasteiger partial charge in [0.2, 0.25) is 0 Å². The third kappa shape index (κ3) is 2.88. The molecule has 2 heteroatoms. The molecule has 0 fully saturated rings. The second kappa shape index (κ2) is 5.76. The molecule has 0 nitrogen and oxygen atoms in total. The van der Waals surface area contributed by atoms with Gasteiger partial charge in [-0.1, -0.05) is 13.1 Å². The van der Waals surface area contributed by atoms with E-state index in [4.69, 9.17) is 0 Å². The van der Waals surface area contributed by atoms with Crippen molar-refractivity contribution in [3.63, 3.8) is 0 Å². The SMILES string of the molecule is C[Si](C)(c1cc[cH-]c1)c1ccc[cH-]1.[CH3-].[Hf+4]. The molecule has 0 radical (unpaired) electrons. The van der Waals surface area contributed by atoms with Crippen LogP contribution >= 0.6 is 0 Å². The van der Waals surface area contributed by atoms with Crippen LogP contribution in [0.2, 0.25) is 13.1 Å². The average Bonchev–Trinajstić information content (AvgIpc) is 2.78. The average molecular weight is 380 g/mol. The molecule has 0 bridgehead atoms. The number of hydrogen-bond acceptors (Lipinski definition) is 0. The van der Waals surface area contributed by atoms with E-state index in [0.29, 0.717) is 0 Å². The van der Waals surface area contributed by atoms with Gasteiger partial charge in [-0.2, -0.15) is 40.7 Å². The third-order valence-electron chi connectivity index (χ3n) is 2.77. The summed E-state index contributed by atoms with van der Waals surface area (Å²) in [5.41, 5.74) is 0. The van der Waals surface area contributed by atoms with Crippen molar-refractivity contribution in [1.29, 1.82) is 0 Å². The van der Waals surface area contributed by atoms with Crippen LogP contribution in [0.1, 0.15) is 0 Å². The molecule has 2 aromatic carbocycles. The Morgan fingerprint density at radius 2 is 1.87 bits per heavy atom. The minimum atomic E-state index is -1.35. The number of rotatable bonds is 2. The molecule has 2 aromatic rings. The molecule has 0 aliphatic rings. The summed E-state index contributed by atoms with van der Waals surface area (Å²) >= 11 is 0. The van der Waals surface area contributed by atoms with Crippen molar-refractivity contribution in [2.75, 3.05) is 0 Å². The van der Waals surface area contributed by atoms with E-state index in [1.807, 2.05) is 0 Å². The Hall–Kier alpha value is -0.213. The Labute approximate surface area is 113 Å². The minimum absolute atomic E-state index is 0. The summed E-state index contributed by atoms with van der Waals surface area (Å²) < 4.78 is 0. The summed E-state index contributed by atoms with van der Waals surface area (Å²) in [6.07, 6.45) is 0. The van der Waals surface area contributed by atoms with E-state index in [1.54, 1.807) is 0 Å². The van der Waals surface area contributed by atoms with E-state index < -0.39 is 8.07 Å². The molecule has 0 atom stereocenters. The fourth-order valence-electron chi connectivity index (χ4n) is 1.75. The molecule has 0 saturated heterocycles. The Bertz CT molecular complexity index is 321. The fraction of sp³-hybridized carbons (Fsp3) is 0.154. The zero-order chi connectivity index (χ0) is 9.31. The van der Waals surface area contributed by atoms with Gasteiger partial charge in [0, 0.05) is 8.07 Å². The maximum absolute atomic E-state index is 2.40. The second-order valence-corrected chi connectivity index (χ2v) is 8.38. The zero-order valence-corrected chi connectivity index (χ0v) is 14.2. The van der Waals surface area contributed by atoms with Crippen LogP contribution in [0.5, 0.6) is 0 Å². The monoisotopic (exact) mass is 381 g/mol. The molecular formula is C13H17HfSi+. The fourth-order valence-corrected chi connectivity index (χ4v) is 4.13. The summed E-state index contributed by atoms with van der Waals surface area (Å²) in [7, 11) is -1.35. The molecule has 15 heavy (non-hydrogen) atoms. The zero-order valence-electron chi connectivity index (χ0n) is 9.62. The Kier molecular flexibility index (Phi) is 5.68. The van der Waals surface area contributed by atoms with Crippen LogP contribution in [0.15, 0.2) is 48.5 Å². The van der Waals surface area contributed by atoms with E-state index in [1.165, 1.54) is 10.4 Å². The predicted molar refractivity (Wildman–Crippen MR) is 67.2 cm³/mol. The van der Waals surface area contributed by atoms with Crippen LogP contribution in [0.3, 0.4) is 0 Å². The summed E-state index contributed by atoms with van der Waals surface area (Å²) in [5, 5.41) is 3.05. The van der Waals surface area contributed by atoms with Crippen molar-refractivity contribution in [3.05, 3.63) is 56.0 Å². The van der Waals surface area contributed by atoms with Gasteiger partial charge in [0.15, 0.2) is 0 Å². The van der Waals surface area contributed by atoms with Gasteiger partial charge >= 0.3 is 25.8 Å². The van der Waals surface area contributed by atoms with Crippen LogP contribution in [-0.2, 0) is 25.8 Å². The van der Waals surface area contributed by atoms with Gasteiger partial charge in [0.05, 0.1) is 0 Å². The van der Waals surface area contributed by atoms with Crippen molar-refractivity contribution in [2.24, 2.45) is 0 Å². The summed E-state index contributed by atoms with van der Waals surface area (Å²) in [4.78, 5) is 0. The van der Waals surface area contributed by atoms with Gasteiger partial charge in [-0.15, -0.1) is 0 Å². The summed E-state index contributed by atoms with van der Waals surface area (Å²) in [6.45, 7) is 4.80. The van der Waals surface area contributed by atoms with Crippen LogP contribution in [0.4, 0.5) is 0 Å². The van der Waals surface area contributed by atoms with Crippen molar-refractivity contribution in [1.82, 2.24) is 0 Å². The van der Waals surface area contributed by atoms with Crippen LogP contribution in [0, 0.1) is 7.43 Å². The first-order valence-corrected chi connectivity index (χ1v) is 7.65. The first kappa shape index (κ1) is 14.8. The Morgan fingerprint density at radius 3 is 2.33 bits per heavy atom. The van der Waals surface area contributed by atoms with Gasteiger partial charge in [-0.3, -0.25) is 0 Å². The third-order valence-corrected chi connectivity index (χ3v) is 6.32. The van der Waals surface area contributed by atoms with E-state index in [2.05, 4.69) is 61.6 Å². The van der Waals surface area contributed by atoms with Gasteiger partial charge in [-0.25, -0.2) is 18.2 Å². The quantitative estimate of drug-likeness (QED) is 0.555. The Balaban J connectivity index is 0.000000980. The molecule has 0 aliphatic carbocycles. The van der Waals surface area contributed by atoms with Crippen LogP contribution in [-0.4, -0.2) is 8.07 Å². The van der Waals surface area contributed by atoms with Crippen molar-refractivity contribution >= 4 is 18.4 Å². The molecule has 0 aromatic heterocycles. The van der Waals surface area contributed by atoms with Gasteiger partial charge in [-0.05, 0) is 0 Å². The maximum Gasteiger partial charge on any atom is 4.00 e. The molecule has 0 aliphatic heterocycles. The molecule has 76 valence electrons. The molecule has 0 amide bonds. The first-order valence-electron chi connectivity index (χ1n) is 4.65.